The molecule has 3 rings (SSSR count). The van der Waals surface area contributed by atoms with Crippen molar-refractivity contribution < 1.29 is 5.11 Å². The van der Waals surface area contributed by atoms with Crippen LogP contribution in [0.1, 0.15) is 16.5 Å². The average molecular weight is 326 g/mol. The maximum Gasteiger partial charge on any atom is 0.138 e. The molecule has 2 N–H and O–H groups in total. The van der Waals surface area contributed by atoms with Gasteiger partial charge in [-0.3, -0.25) is 0 Å². The number of nitrogens with zero attached hydrogens (tertiary/aromatic N) is 2. The van der Waals surface area contributed by atoms with Crippen LogP contribution >= 0.6 is 34.3 Å². The fourth-order valence-corrected chi connectivity index (χ4v) is 3.89. The first kappa shape index (κ1) is 13.8. The molecule has 3 aromatic heterocycles. The molecule has 0 aliphatic carbocycles. The van der Waals surface area contributed by atoms with Crippen LogP contribution in [0.15, 0.2) is 23.8 Å². The summed E-state index contributed by atoms with van der Waals surface area (Å²) in [6.45, 7) is 2.42. The van der Waals surface area contributed by atoms with Crippen molar-refractivity contribution in [2.24, 2.45) is 0 Å². The van der Waals surface area contributed by atoms with Gasteiger partial charge < -0.3 is 10.4 Å². The minimum absolute atomic E-state index is 0.387. The Labute approximate surface area is 129 Å². The van der Waals surface area contributed by atoms with Crippen molar-refractivity contribution in [3.63, 3.8) is 0 Å². The number of halogens is 1. The fourth-order valence-electron chi connectivity index (χ4n) is 1.95. The summed E-state index contributed by atoms with van der Waals surface area (Å²) in [5, 5.41) is 16.4. The van der Waals surface area contributed by atoms with Crippen molar-refractivity contribution >= 4 is 50.3 Å². The molecule has 20 heavy (non-hydrogen) atoms. The van der Waals surface area contributed by atoms with Crippen LogP contribution in [0.4, 0.5) is 5.82 Å². The summed E-state index contributed by atoms with van der Waals surface area (Å²) in [6.07, 6.45) is 0.936. The largest absolute Gasteiger partial charge is 0.386 e. The number of thiophene rings is 2. The van der Waals surface area contributed by atoms with Crippen molar-refractivity contribution in [2.75, 3.05) is 11.9 Å². The minimum Gasteiger partial charge on any atom is -0.386 e. The number of fused-ring (bicyclic) bond motifs is 1. The van der Waals surface area contributed by atoms with Crippen molar-refractivity contribution in [3.8, 4) is 0 Å². The van der Waals surface area contributed by atoms with Gasteiger partial charge in [0.2, 0.25) is 0 Å². The first-order valence-electron chi connectivity index (χ1n) is 6.01. The Morgan fingerprint density at radius 3 is 3.00 bits per heavy atom. The Kier molecular flexibility index (Phi) is 3.89. The third-order valence-electron chi connectivity index (χ3n) is 2.94. The minimum atomic E-state index is -0.601. The highest BCUT2D eigenvalue weighted by Gasteiger charge is 2.13. The average Bonchev–Trinajstić information content (AvgIpc) is 3.03. The lowest BCUT2D eigenvalue weighted by Crippen LogP contribution is -2.12. The predicted molar refractivity (Wildman–Crippen MR) is 84.9 cm³/mol. The lowest BCUT2D eigenvalue weighted by atomic mass is 10.2. The lowest BCUT2D eigenvalue weighted by Gasteiger charge is -2.11. The summed E-state index contributed by atoms with van der Waals surface area (Å²) in [4.78, 5) is 10.3. The molecule has 0 bridgehead atoms. The van der Waals surface area contributed by atoms with E-state index in [1.807, 2.05) is 13.0 Å². The van der Waals surface area contributed by atoms with Gasteiger partial charge >= 0.3 is 0 Å². The molecule has 104 valence electrons. The predicted octanol–water partition coefficient (Wildman–Crippen LogP) is 3.86. The molecule has 3 aromatic rings. The first-order valence-corrected chi connectivity index (χ1v) is 8.08. The molecule has 0 spiro atoms. The molecule has 7 heteroatoms. The van der Waals surface area contributed by atoms with E-state index in [9.17, 15) is 5.11 Å². The van der Waals surface area contributed by atoms with Gasteiger partial charge in [0.1, 0.15) is 23.1 Å². The van der Waals surface area contributed by atoms with Crippen LogP contribution in [0.5, 0.6) is 0 Å². The van der Waals surface area contributed by atoms with Crippen LogP contribution in [0.3, 0.4) is 0 Å². The molecule has 0 saturated heterocycles. The van der Waals surface area contributed by atoms with E-state index in [-0.39, 0.29) is 0 Å². The van der Waals surface area contributed by atoms with Crippen LogP contribution in [-0.4, -0.2) is 21.6 Å². The standard InChI is InChI=1S/C13H12ClN3OS2/c1-7-5-19-13-11(7)12(16-6-17-13)15-4-8(18)9-2-3-10(14)20-9/h2-3,5-6,8,18H,4H2,1H3,(H,15,16,17). The second-order valence-electron chi connectivity index (χ2n) is 4.36. The van der Waals surface area contributed by atoms with E-state index in [2.05, 4.69) is 20.7 Å². The smallest absolute Gasteiger partial charge is 0.138 e. The molecule has 0 aliphatic heterocycles. The SMILES string of the molecule is Cc1csc2ncnc(NCC(O)c3ccc(Cl)s3)c12. The van der Waals surface area contributed by atoms with Gasteiger partial charge in [0, 0.05) is 11.4 Å². The van der Waals surface area contributed by atoms with Crippen molar-refractivity contribution in [1.82, 2.24) is 9.97 Å². The zero-order valence-corrected chi connectivity index (χ0v) is 13.0. The van der Waals surface area contributed by atoms with E-state index >= 15 is 0 Å². The van der Waals surface area contributed by atoms with Crippen LogP contribution in [0.25, 0.3) is 10.2 Å². The molecular formula is C13H12ClN3OS2. The number of hydrogen-bond acceptors (Lipinski definition) is 6. The molecule has 0 amide bonds. The number of aliphatic hydroxyl groups is 1. The third kappa shape index (κ3) is 2.64. The maximum atomic E-state index is 10.1. The summed E-state index contributed by atoms with van der Waals surface area (Å²) in [6, 6.07) is 3.63. The Morgan fingerprint density at radius 2 is 2.25 bits per heavy atom. The molecular weight excluding hydrogens is 314 g/mol. The van der Waals surface area contributed by atoms with Gasteiger partial charge in [-0.25, -0.2) is 9.97 Å². The molecule has 0 fully saturated rings. The highest BCUT2D eigenvalue weighted by molar-refractivity contribution is 7.17. The molecule has 0 saturated carbocycles. The zero-order chi connectivity index (χ0) is 14.1. The lowest BCUT2D eigenvalue weighted by molar-refractivity contribution is 0.195. The number of aryl methyl sites for hydroxylation is 1. The number of aromatic nitrogens is 2. The second kappa shape index (κ2) is 5.65. The highest BCUT2D eigenvalue weighted by Crippen LogP contribution is 2.30. The van der Waals surface area contributed by atoms with Gasteiger partial charge in [0.05, 0.1) is 9.72 Å². The fraction of sp³-hybridized carbons (Fsp3) is 0.231. The van der Waals surface area contributed by atoms with E-state index < -0.39 is 6.10 Å². The number of nitrogens with one attached hydrogen (secondary N) is 1. The Morgan fingerprint density at radius 1 is 1.40 bits per heavy atom. The van der Waals surface area contributed by atoms with Crippen molar-refractivity contribution in [1.29, 1.82) is 0 Å². The number of hydrogen-bond donors (Lipinski definition) is 2. The summed E-state index contributed by atoms with van der Waals surface area (Å²) in [7, 11) is 0. The zero-order valence-electron chi connectivity index (χ0n) is 10.6. The van der Waals surface area contributed by atoms with Gasteiger partial charge in [-0.05, 0) is 30.0 Å². The highest BCUT2D eigenvalue weighted by atomic mass is 35.5. The summed E-state index contributed by atoms with van der Waals surface area (Å²) in [5.41, 5.74) is 1.14. The van der Waals surface area contributed by atoms with Crippen LogP contribution < -0.4 is 5.32 Å². The van der Waals surface area contributed by atoms with E-state index in [0.29, 0.717) is 10.9 Å². The number of rotatable bonds is 4. The van der Waals surface area contributed by atoms with Crippen LogP contribution in [0, 0.1) is 6.92 Å². The third-order valence-corrected chi connectivity index (χ3v) is 5.28. The molecule has 0 aromatic carbocycles. The molecule has 3 heterocycles. The Balaban J connectivity index is 1.78. The Bertz CT molecular complexity index is 740. The summed E-state index contributed by atoms with van der Waals surface area (Å²) < 4.78 is 0.678. The molecule has 1 unspecified atom stereocenters. The van der Waals surface area contributed by atoms with Gasteiger partial charge in [0.25, 0.3) is 0 Å². The topological polar surface area (TPSA) is 58.0 Å². The van der Waals surface area contributed by atoms with E-state index in [1.54, 1.807) is 17.4 Å². The normalized spacial score (nSPS) is 12.8. The van der Waals surface area contributed by atoms with Gasteiger partial charge in [-0.15, -0.1) is 22.7 Å². The van der Waals surface area contributed by atoms with Gasteiger partial charge in [-0.2, -0.15) is 0 Å². The second-order valence-corrected chi connectivity index (χ2v) is 6.96. The summed E-state index contributed by atoms with van der Waals surface area (Å²) in [5.74, 6) is 0.760. The number of aliphatic hydroxyl groups excluding tert-OH is 1. The molecule has 0 aliphatic rings. The summed E-state index contributed by atoms with van der Waals surface area (Å²) >= 11 is 8.85. The van der Waals surface area contributed by atoms with E-state index in [0.717, 1.165) is 26.5 Å². The molecule has 0 radical (unpaired) electrons. The Hall–Kier alpha value is -1.21. The van der Waals surface area contributed by atoms with Gasteiger partial charge in [0.15, 0.2) is 0 Å². The monoisotopic (exact) mass is 325 g/mol. The quantitative estimate of drug-likeness (QED) is 0.764. The van der Waals surface area contributed by atoms with E-state index in [4.69, 9.17) is 11.6 Å². The van der Waals surface area contributed by atoms with Crippen molar-refractivity contribution in [2.45, 2.75) is 13.0 Å². The van der Waals surface area contributed by atoms with Gasteiger partial charge in [-0.1, -0.05) is 11.6 Å². The van der Waals surface area contributed by atoms with E-state index in [1.165, 1.54) is 17.7 Å². The molecule has 4 nitrogen and oxygen atoms in total. The molecule has 1 atom stereocenters. The first-order chi connectivity index (χ1) is 9.65. The van der Waals surface area contributed by atoms with Crippen LogP contribution in [-0.2, 0) is 0 Å². The van der Waals surface area contributed by atoms with Crippen LogP contribution in [0.2, 0.25) is 4.34 Å². The maximum absolute atomic E-state index is 10.1. The van der Waals surface area contributed by atoms with Crippen molar-refractivity contribution in [3.05, 3.63) is 38.6 Å². The number of anilines is 1.